The number of hydrogen-bond donors (Lipinski definition) is 3. The van der Waals surface area contributed by atoms with Gasteiger partial charge < -0.3 is 16.2 Å². The first-order valence-corrected chi connectivity index (χ1v) is 6.97. The van der Waals surface area contributed by atoms with E-state index in [4.69, 9.17) is 10.8 Å². The Balaban J connectivity index is 4.22. The molecule has 0 aromatic carbocycles. The van der Waals surface area contributed by atoms with Crippen LogP contribution in [0.4, 0.5) is 0 Å². The van der Waals surface area contributed by atoms with Crippen LogP contribution >= 0.6 is 0 Å². The zero-order chi connectivity index (χ0) is 15.0. The zero-order valence-corrected chi connectivity index (χ0v) is 12.5. The van der Waals surface area contributed by atoms with Crippen molar-refractivity contribution in [2.75, 3.05) is 6.54 Å². The van der Waals surface area contributed by atoms with Gasteiger partial charge in [-0.3, -0.25) is 9.59 Å². The zero-order valence-electron chi connectivity index (χ0n) is 12.5. The summed E-state index contributed by atoms with van der Waals surface area (Å²) in [6.07, 6.45) is 1.50. The molecule has 5 heteroatoms. The molecule has 0 aromatic rings. The summed E-state index contributed by atoms with van der Waals surface area (Å²) >= 11 is 0. The predicted molar refractivity (Wildman–Crippen MR) is 75.6 cm³/mol. The van der Waals surface area contributed by atoms with Crippen LogP contribution in [0.15, 0.2) is 0 Å². The van der Waals surface area contributed by atoms with Gasteiger partial charge in [-0.05, 0) is 30.6 Å². The molecule has 112 valence electrons. The minimum Gasteiger partial charge on any atom is -0.481 e. The molecule has 0 aromatic heterocycles. The first-order chi connectivity index (χ1) is 8.72. The van der Waals surface area contributed by atoms with E-state index in [1.165, 1.54) is 0 Å². The highest BCUT2D eigenvalue weighted by Gasteiger charge is 2.19. The van der Waals surface area contributed by atoms with Crippen LogP contribution in [0.3, 0.4) is 0 Å². The van der Waals surface area contributed by atoms with E-state index < -0.39 is 12.0 Å². The van der Waals surface area contributed by atoms with Gasteiger partial charge in [0.2, 0.25) is 5.91 Å². The molecule has 5 nitrogen and oxygen atoms in total. The Bertz CT molecular complexity index is 290. The Morgan fingerprint density at radius 3 is 2.05 bits per heavy atom. The van der Waals surface area contributed by atoms with Gasteiger partial charge >= 0.3 is 5.97 Å². The summed E-state index contributed by atoms with van der Waals surface area (Å²) in [7, 11) is 0. The van der Waals surface area contributed by atoms with Gasteiger partial charge in [-0.1, -0.05) is 27.7 Å². The van der Waals surface area contributed by atoms with Crippen molar-refractivity contribution < 1.29 is 14.7 Å². The van der Waals surface area contributed by atoms with E-state index >= 15 is 0 Å². The van der Waals surface area contributed by atoms with Crippen LogP contribution in [0.1, 0.15) is 47.0 Å². The standard InChI is InChI=1S/C14H28N2O3/c1-9(2)5-11(7-13(17)18)8-16-14(19)12(15)6-10(3)4/h9-12H,5-8,15H2,1-4H3,(H,16,19)(H,17,18)/t11-,12+/m0/s1. The first-order valence-electron chi connectivity index (χ1n) is 6.97. The number of nitrogens with one attached hydrogen (secondary N) is 1. The Hall–Kier alpha value is -1.10. The second-order valence-electron chi connectivity index (χ2n) is 6.07. The van der Waals surface area contributed by atoms with Crippen molar-refractivity contribution in [2.24, 2.45) is 23.5 Å². The second kappa shape index (κ2) is 8.91. The smallest absolute Gasteiger partial charge is 0.303 e. The van der Waals surface area contributed by atoms with Gasteiger partial charge in [-0.15, -0.1) is 0 Å². The molecule has 2 atom stereocenters. The predicted octanol–water partition coefficient (Wildman–Crippen LogP) is 1.61. The second-order valence-corrected chi connectivity index (χ2v) is 6.07. The van der Waals surface area contributed by atoms with Crippen LogP contribution < -0.4 is 11.1 Å². The molecule has 0 saturated heterocycles. The molecule has 0 rings (SSSR count). The van der Waals surface area contributed by atoms with E-state index in [1.54, 1.807) is 0 Å². The highest BCUT2D eigenvalue weighted by Crippen LogP contribution is 2.15. The van der Waals surface area contributed by atoms with Gasteiger partial charge in [0.05, 0.1) is 6.04 Å². The lowest BCUT2D eigenvalue weighted by molar-refractivity contribution is -0.138. The molecule has 0 aliphatic carbocycles. The maximum absolute atomic E-state index is 11.8. The van der Waals surface area contributed by atoms with Gasteiger partial charge in [-0.2, -0.15) is 0 Å². The number of carbonyl (C=O) groups is 2. The molecule has 0 aliphatic rings. The SMILES string of the molecule is CC(C)C[C@H](CNC(=O)[C@H](N)CC(C)C)CC(=O)O. The van der Waals surface area contributed by atoms with Crippen molar-refractivity contribution in [3.05, 3.63) is 0 Å². The lowest BCUT2D eigenvalue weighted by Gasteiger charge is -2.20. The molecular formula is C14H28N2O3. The molecule has 0 aliphatic heterocycles. The number of rotatable bonds is 9. The van der Waals surface area contributed by atoms with Crippen molar-refractivity contribution >= 4 is 11.9 Å². The van der Waals surface area contributed by atoms with E-state index in [-0.39, 0.29) is 18.2 Å². The number of carboxylic acids is 1. The summed E-state index contributed by atoms with van der Waals surface area (Å²) in [4.78, 5) is 22.5. The van der Waals surface area contributed by atoms with Crippen LogP contribution in [0.25, 0.3) is 0 Å². The van der Waals surface area contributed by atoms with Crippen LogP contribution in [-0.4, -0.2) is 29.6 Å². The third-order valence-corrected chi connectivity index (χ3v) is 2.90. The molecule has 0 fully saturated rings. The van der Waals surface area contributed by atoms with E-state index in [9.17, 15) is 9.59 Å². The normalized spacial score (nSPS) is 14.5. The number of aliphatic carboxylic acids is 1. The van der Waals surface area contributed by atoms with Crippen molar-refractivity contribution in [1.29, 1.82) is 0 Å². The molecular weight excluding hydrogens is 244 g/mol. The summed E-state index contributed by atoms with van der Waals surface area (Å²) in [5.41, 5.74) is 5.78. The summed E-state index contributed by atoms with van der Waals surface area (Å²) < 4.78 is 0. The van der Waals surface area contributed by atoms with Crippen LogP contribution in [-0.2, 0) is 9.59 Å². The monoisotopic (exact) mass is 272 g/mol. The fraction of sp³-hybridized carbons (Fsp3) is 0.857. The van der Waals surface area contributed by atoms with Crippen molar-refractivity contribution in [2.45, 2.75) is 53.0 Å². The van der Waals surface area contributed by atoms with E-state index in [0.29, 0.717) is 24.8 Å². The van der Waals surface area contributed by atoms with Crippen molar-refractivity contribution in [3.63, 3.8) is 0 Å². The van der Waals surface area contributed by atoms with E-state index in [2.05, 4.69) is 5.32 Å². The van der Waals surface area contributed by atoms with Gasteiger partial charge in [0.1, 0.15) is 0 Å². The van der Waals surface area contributed by atoms with Gasteiger partial charge in [0.25, 0.3) is 0 Å². The number of carboxylic acid groups (broad SMARTS) is 1. The Morgan fingerprint density at radius 2 is 1.63 bits per heavy atom. The summed E-state index contributed by atoms with van der Waals surface area (Å²) in [6.45, 7) is 8.50. The third kappa shape index (κ3) is 9.47. The highest BCUT2D eigenvalue weighted by molar-refractivity contribution is 5.81. The van der Waals surface area contributed by atoms with Crippen LogP contribution in [0, 0.1) is 17.8 Å². The Kier molecular flexibility index (Phi) is 8.39. The molecule has 4 N–H and O–H groups in total. The largest absolute Gasteiger partial charge is 0.481 e. The topological polar surface area (TPSA) is 92.4 Å². The molecule has 19 heavy (non-hydrogen) atoms. The van der Waals surface area contributed by atoms with Gasteiger partial charge in [-0.25, -0.2) is 0 Å². The number of nitrogens with two attached hydrogens (primary N) is 1. The average molecular weight is 272 g/mol. The first kappa shape index (κ1) is 17.9. The highest BCUT2D eigenvalue weighted by atomic mass is 16.4. The lowest BCUT2D eigenvalue weighted by Crippen LogP contribution is -2.43. The summed E-state index contributed by atoms with van der Waals surface area (Å²) in [5.74, 6) is -0.274. The summed E-state index contributed by atoms with van der Waals surface area (Å²) in [6, 6.07) is -0.510. The van der Waals surface area contributed by atoms with Crippen LogP contribution in [0.2, 0.25) is 0 Å². The number of hydrogen-bond acceptors (Lipinski definition) is 3. The minimum atomic E-state index is -0.827. The van der Waals surface area contributed by atoms with Gasteiger partial charge in [0.15, 0.2) is 0 Å². The lowest BCUT2D eigenvalue weighted by atomic mass is 9.94. The quantitative estimate of drug-likeness (QED) is 0.594. The number of amides is 1. The van der Waals surface area contributed by atoms with Crippen molar-refractivity contribution in [3.8, 4) is 0 Å². The third-order valence-electron chi connectivity index (χ3n) is 2.90. The average Bonchev–Trinajstić information content (AvgIpc) is 2.22. The minimum absolute atomic E-state index is 0.0345. The molecule has 0 unspecified atom stereocenters. The Labute approximate surface area is 115 Å². The van der Waals surface area contributed by atoms with E-state index in [1.807, 2.05) is 27.7 Å². The molecule has 0 saturated carbocycles. The molecule has 0 spiro atoms. The van der Waals surface area contributed by atoms with Crippen LogP contribution in [0.5, 0.6) is 0 Å². The summed E-state index contributed by atoms with van der Waals surface area (Å²) in [5, 5.41) is 11.6. The van der Waals surface area contributed by atoms with Gasteiger partial charge in [0, 0.05) is 13.0 Å². The number of carbonyl (C=O) groups excluding carboxylic acids is 1. The molecule has 0 heterocycles. The maximum Gasteiger partial charge on any atom is 0.303 e. The van der Waals surface area contributed by atoms with Crippen molar-refractivity contribution in [1.82, 2.24) is 5.32 Å². The molecule has 0 bridgehead atoms. The maximum atomic E-state index is 11.8. The Morgan fingerprint density at radius 1 is 1.11 bits per heavy atom. The fourth-order valence-electron chi connectivity index (χ4n) is 2.14. The molecule has 0 radical (unpaired) electrons. The fourth-order valence-corrected chi connectivity index (χ4v) is 2.14. The molecule has 1 amide bonds. The van der Waals surface area contributed by atoms with E-state index in [0.717, 1.165) is 6.42 Å².